The van der Waals surface area contributed by atoms with E-state index >= 15 is 0 Å². The number of alkyl carbamates (subject to hydrolysis) is 1. The molecule has 1 unspecified atom stereocenters. The fraction of sp³-hybridized carbons (Fsp3) is 0.231. The maximum absolute atomic E-state index is 13.3. The summed E-state index contributed by atoms with van der Waals surface area (Å²) in [4.78, 5) is 24.0. The number of nitrogens with one attached hydrogen (secondary N) is 1. The predicted octanol–water partition coefficient (Wildman–Crippen LogP) is 5.01. The molecule has 3 aromatic carbocycles. The first-order valence-electron chi connectivity index (χ1n) is 10.6. The van der Waals surface area contributed by atoms with Gasteiger partial charge in [0.1, 0.15) is 6.61 Å². The first-order valence-corrected chi connectivity index (χ1v) is 12.3. The Hall–Kier alpha value is -3.17. The van der Waals surface area contributed by atoms with Crippen LogP contribution in [-0.4, -0.2) is 24.3 Å². The van der Waals surface area contributed by atoms with Crippen LogP contribution in [0.2, 0.25) is 0 Å². The Bertz CT molecular complexity index is 996. The Morgan fingerprint density at radius 3 is 1.84 bits per heavy atom. The van der Waals surface area contributed by atoms with E-state index in [-0.39, 0.29) is 12.8 Å². The molecule has 0 aromatic heterocycles. The number of amides is 1. The van der Waals surface area contributed by atoms with Crippen LogP contribution in [0.25, 0.3) is 0 Å². The summed E-state index contributed by atoms with van der Waals surface area (Å²) in [6.07, 6.45) is 2.46. The largest absolute Gasteiger partial charge is 0.445 e. The number of hydrogen-bond donors (Lipinski definition) is 1. The zero-order valence-electron chi connectivity index (χ0n) is 17.8. The highest BCUT2D eigenvalue weighted by molar-refractivity contribution is 7.45. The molecule has 1 radical (unpaired) electrons. The standard InChI is InChI=1S/C26H27NO4P/c28-18-24(16-21-10-4-1-5-11-21)20-32(30)25(17-22-12-6-2-7-13-22)27-26(29)31-19-23-14-8-3-9-15-23/h1-15,24-25,32H,16-17,19-20H2,(H,27,29)/t24-,25-/m0/s1. The van der Waals surface area contributed by atoms with Gasteiger partial charge in [-0.25, -0.2) is 4.79 Å². The molecule has 165 valence electrons. The number of ether oxygens (including phenoxy) is 1. The maximum atomic E-state index is 13.3. The van der Waals surface area contributed by atoms with Crippen LogP contribution in [0.1, 0.15) is 16.7 Å². The van der Waals surface area contributed by atoms with Gasteiger partial charge in [0.25, 0.3) is 0 Å². The Morgan fingerprint density at radius 2 is 1.31 bits per heavy atom. The number of benzene rings is 3. The molecule has 32 heavy (non-hydrogen) atoms. The van der Waals surface area contributed by atoms with E-state index in [1.807, 2.05) is 97.3 Å². The van der Waals surface area contributed by atoms with Crippen LogP contribution in [0.15, 0.2) is 91.0 Å². The second-order valence-corrected chi connectivity index (χ2v) is 9.66. The van der Waals surface area contributed by atoms with Gasteiger partial charge in [-0.3, -0.25) is 4.79 Å². The zero-order chi connectivity index (χ0) is 22.6. The first kappa shape index (κ1) is 23.5. The van der Waals surface area contributed by atoms with E-state index in [4.69, 9.17) is 4.74 Å². The smallest absolute Gasteiger partial charge is 0.408 e. The second kappa shape index (κ2) is 12.6. The average Bonchev–Trinajstić information content (AvgIpc) is 2.84. The Kier molecular flexibility index (Phi) is 9.27. The molecule has 1 amide bonds. The molecule has 0 fully saturated rings. The number of rotatable bonds is 11. The molecule has 0 bridgehead atoms. The van der Waals surface area contributed by atoms with Gasteiger partial charge in [-0.1, -0.05) is 91.0 Å². The lowest BCUT2D eigenvalue weighted by Gasteiger charge is -2.20. The molecule has 1 N–H and O–H groups in total. The Balaban J connectivity index is 1.64. The van der Waals surface area contributed by atoms with E-state index in [0.29, 0.717) is 12.8 Å². The summed E-state index contributed by atoms with van der Waals surface area (Å²) in [5.74, 6) is -1.11. The second-order valence-electron chi connectivity index (χ2n) is 7.62. The van der Waals surface area contributed by atoms with Gasteiger partial charge in [0.05, 0.1) is 13.6 Å². The molecule has 0 aliphatic rings. The molecule has 3 rings (SSSR count). The monoisotopic (exact) mass is 448 g/mol. The molecule has 3 aromatic rings. The van der Waals surface area contributed by atoms with Gasteiger partial charge >= 0.3 is 6.09 Å². The highest BCUT2D eigenvalue weighted by Gasteiger charge is 2.24. The highest BCUT2D eigenvalue weighted by atomic mass is 31.1. The van der Waals surface area contributed by atoms with Gasteiger partial charge in [0, 0.05) is 12.1 Å². The third-order valence-electron chi connectivity index (χ3n) is 5.12. The summed E-state index contributed by atoms with van der Waals surface area (Å²) in [7, 11) is -2.36. The van der Waals surface area contributed by atoms with Gasteiger partial charge in [-0.2, -0.15) is 0 Å². The van der Waals surface area contributed by atoms with Crippen LogP contribution in [0.3, 0.4) is 0 Å². The molecule has 0 heterocycles. The molecule has 5 nitrogen and oxygen atoms in total. The normalized spacial score (nSPS) is 13.5. The van der Waals surface area contributed by atoms with E-state index < -0.39 is 25.6 Å². The lowest BCUT2D eigenvalue weighted by atomic mass is 10.0. The van der Waals surface area contributed by atoms with Crippen LogP contribution in [0.4, 0.5) is 4.79 Å². The van der Waals surface area contributed by atoms with E-state index in [2.05, 4.69) is 5.32 Å². The SMILES string of the molecule is O=[C][C@H](Cc1ccccc1)C[PH](=O)[C@@H](Cc1ccccc1)NC(=O)OCc1ccccc1. The van der Waals surface area contributed by atoms with Gasteiger partial charge in [-0.05, 0) is 29.5 Å². The minimum atomic E-state index is -2.36. The molecular weight excluding hydrogens is 421 g/mol. The van der Waals surface area contributed by atoms with Gasteiger partial charge < -0.3 is 14.6 Å². The summed E-state index contributed by atoms with van der Waals surface area (Å²) in [6, 6.07) is 28.5. The van der Waals surface area contributed by atoms with E-state index in [1.54, 1.807) is 0 Å². The van der Waals surface area contributed by atoms with Crippen LogP contribution in [0, 0.1) is 5.92 Å². The van der Waals surface area contributed by atoms with Gasteiger partial charge in [-0.15, -0.1) is 0 Å². The number of hydrogen-bond acceptors (Lipinski definition) is 4. The fourth-order valence-electron chi connectivity index (χ4n) is 3.44. The molecule has 0 spiro atoms. The quantitative estimate of drug-likeness (QED) is 0.419. The highest BCUT2D eigenvalue weighted by Crippen LogP contribution is 2.32. The minimum Gasteiger partial charge on any atom is -0.445 e. The number of carbonyl (C=O) groups excluding carboxylic acids is 2. The van der Waals surface area contributed by atoms with E-state index in [0.717, 1.165) is 16.7 Å². The van der Waals surface area contributed by atoms with Crippen molar-refractivity contribution in [2.75, 3.05) is 6.16 Å². The van der Waals surface area contributed by atoms with Crippen molar-refractivity contribution in [1.29, 1.82) is 0 Å². The zero-order valence-corrected chi connectivity index (χ0v) is 18.8. The lowest BCUT2D eigenvalue weighted by molar-refractivity contribution is 0.138. The van der Waals surface area contributed by atoms with E-state index in [1.165, 1.54) is 0 Å². The topological polar surface area (TPSA) is 72.5 Å². The van der Waals surface area contributed by atoms with E-state index in [9.17, 15) is 14.2 Å². The third kappa shape index (κ3) is 7.82. The molecule has 0 aliphatic heterocycles. The maximum Gasteiger partial charge on any atom is 0.408 e. The minimum absolute atomic E-state index is 0.129. The van der Waals surface area contributed by atoms with Crippen molar-refractivity contribution >= 4 is 20.2 Å². The fourth-order valence-corrected chi connectivity index (χ4v) is 5.18. The predicted molar refractivity (Wildman–Crippen MR) is 127 cm³/mol. The summed E-state index contributed by atoms with van der Waals surface area (Å²) < 4.78 is 18.6. The van der Waals surface area contributed by atoms with Crippen molar-refractivity contribution in [1.82, 2.24) is 5.32 Å². The van der Waals surface area contributed by atoms with Crippen LogP contribution < -0.4 is 5.32 Å². The summed E-state index contributed by atoms with van der Waals surface area (Å²) in [5.41, 5.74) is 2.81. The Morgan fingerprint density at radius 1 is 0.812 bits per heavy atom. The summed E-state index contributed by atoms with van der Waals surface area (Å²) >= 11 is 0. The molecule has 3 atom stereocenters. The van der Waals surface area contributed by atoms with Crippen molar-refractivity contribution < 1.29 is 18.9 Å². The third-order valence-corrected chi connectivity index (χ3v) is 7.14. The molecule has 0 saturated carbocycles. The number of carbonyl (C=O) groups is 1. The molecule has 0 saturated heterocycles. The van der Waals surface area contributed by atoms with Crippen LogP contribution >= 0.6 is 7.80 Å². The van der Waals surface area contributed by atoms with Crippen LogP contribution in [-0.2, 0) is 33.5 Å². The van der Waals surface area contributed by atoms with Gasteiger partial charge in [0.15, 0.2) is 0 Å². The van der Waals surface area contributed by atoms with Gasteiger partial charge in [0.2, 0.25) is 6.29 Å². The molecule has 0 aliphatic carbocycles. The summed E-state index contributed by atoms with van der Waals surface area (Å²) in [5, 5.41) is 2.77. The Labute approximate surface area is 189 Å². The van der Waals surface area contributed by atoms with Crippen molar-refractivity contribution in [3.8, 4) is 0 Å². The van der Waals surface area contributed by atoms with Crippen LogP contribution in [0.5, 0.6) is 0 Å². The molecule has 6 heteroatoms. The van der Waals surface area contributed by atoms with Crippen molar-refractivity contribution in [2.45, 2.75) is 25.2 Å². The first-order chi connectivity index (χ1) is 15.6. The molecular formula is C26H27NO4P. The van der Waals surface area contributed by atoms with Crippen molar-refractivity contribution in [3.63, 3.8) is 0 Å². The average molecular weight is 448 g/mol. The van der Waals surface area contributed by atoms with Crippen molar-refractivity contribution in [3.05, 3.63) is 108 Å². The summed E-state index contributed by atoms with van der Waals surface area (Å²) in [6.45, 7) is 0.129. The lowest BCUT2D eigenvalue weighted by Crippen LogP contribution is -2.35. The van der Waals surface area contributed by atoms with Crippen molar-refractivity contribution in [2.24, 2.45) is 5.92 Å².